The zero-order valence-corrected chi connectivity index (χ0v) is 9.83. The molecule has 2 rings (SSSR count). The third-order valence-electron chi connectivity index (χ3n) is 3.76. The van der Waals surface area contributed by atoms with Crippen LogP contribution in [0, 0.1) is 11.3 Å². The van der Waals surface area contributed by atoms with Crippen molar-refractivity contribution in [1.29, 1.82) is 0 Å². The molecule has 2 aliphatic rings. The van der Waals surface area contributed by atoms with E-state index in [0.717, 1.165) is 18.5 Å². The predicted octanol–water partition coefficient (Wildman–Crippen LogP) is 2.50. The van der Waals surface area contributed by atoms with E-state index in [4.69, 9.17) is 4.74 Å². The van der Waals surface area contributed by atoms with Crippen molar-refractivity contribution in [2.75, 3.05) is 6.61 Å². The molecule has 1 aliphatic carbocycles. The van der Waals surface area contributed by atoms with E-state index in [1.54, 1.807) is 0 Å². The minimum absolute atomic E-state index is 0.0472. The van der Waals surface area contributed by atoms with Crippen LogP contribution in [-0.2, 0) is 9.53 Å². The summed E-state index contributed by atoms with van der Waals surface area (Å²) in [6.45, 7) is 9.31. The highest BCUT2D eigenvalue weighted by atomic mass is 16.5. The highest BCUT2D eigenvalue weighted by molar-refractivity contribution is 5.79. The second kappa shape index (κ2) is 3.05. The molecule has 0 aromatic heterocycles. The molecule has 1 aliphatic heterocycles. The molecule has 0 amide bonds. The van der Waals surface area contributed by atoms with Gasteiger partial charge in [-0.1, -0.05) is 26.8 Å². The van der Waals surface area contributed by atoms with Crippen LogP contribution in [-0.4, -0.2) is 18.5 Å². The van der Waals surface area contributed by atoms with Crippen molar-refractivity contribution in [2.24, 2.45) is 11.3 Å². The highest BCUT2D eigenvalue weighted by Crippen LogP contribution is 2.50. The Bertz CT molecular complexity index is 363. The number of aldehydes is 1. The van der Waals surface area contributed by atoms with Crippen molar-refractivity contribution in [3.05, 3.63) is 23.3 Å². The summed E-state index contributed by atoms with van der Waals surface area (Å²) in [4.78, 5) is 10.9. The van der Waals surface area contributed by atoms with Gasteiger partial charge in [0.1, 0.15) is 6.29 Å². The molecule has 2 unspecified atom stereocenters. The van der Waals surface area contributed by atoms with Gasteiger partial charge in [0.25, 0.3) is 0 Å². The van der Waals surface area contributed by atoms with E-state index in [-0.39, 0.29) is 16.9 Å². The molecule has 15 heavy (non-hydrogen) atoms. The van der Waals surface area contributed by atoms with Gasteiger partial charge < -0.3 is 4.74 Å². The second-order valence-corrected chi connectivity index (χ2v) is 5.41. The standard InChI is InChI=1S/C13H18O2/c1-9-5-10(7-14)6-11-12(2,3)8-15-13(9,11)4/h5-7,9H,8H2,1-4H3. The lowest BCUT2D eigenvalue weighted by Gasteiger charge is -2.36. The van der Waals surface area contributed by atoms with Crippen molar-refractivity contribution in [3.63, 3.8) is 0 Å². The van der Waals surface area contributed by atoms with Crippen LogP contribution in [0.15, 0.2) is 23.3 Å². The molecule has 82 valence electrons. The van der Waals surface area contributed by atoms with Crippen molar-refractivity contribution in [1.82, 2.24) is 0 Å². The molecule has 0 radical (unpaired) electrons. The van der Waals surface area contributed by atoms with E-state index < -0.39 is 0 Å². The Balaban J connectivity index is 2.51. The Hall–Kier alpha value is -0.890. The molecule has 2 heteroatoms. The van der Waals surface area contributed by atoms with Crippen LogP contribution in [0.1, 0.15) is 27.7 Å². The number of fused-ring (bicyclic) bond motifs is 1. The Kier molecular flexibility index (Phi) is 2.16. The third-order valence-corrected chi connectivity index (χ3v) is 3.76. The lowest BCUT2D eigenvalue weighted by atomic mass is 9.70. The second-order valence-electron chi connectivity index (χ2n) is 5.41. The molecule has 0 N–H and O–H groups in total. The van der Waals surface area contributed by atoms with Gasteiger partial charge in [0, 0.05) is 16.9 Å². The number of ether oxygens (including phenoxy) is 1. The fraction of sp³-hybridized carbons (Fsp3) is 0.615. The smallest absolute Gasteiger partial charge is 0.149 e. The number of carbonyl (C=O) groups is 1. The average Bonchev–Trinajstić information content (AvgIpc) is 2.41. The first-order chi connectivity index (χ1) is 6.90. The maximum atomic E-state index is 10.9. The maximum Gasteiger partial charge on any atom is 0.149 e. The first kappa shape index (κ1) is 10.6. The molecular formula is C13H18O2. The molecule has 0 saturated carbocycles. The lowest BCUT2D eigenvalue weighted by molar-refractivity contribution is -0.104. The Morgan fingerprint density at radius 1 is 1.47 bits per heavy atom. The van der Waals surface area contributed by atoms with Crippen molar-refractivity contribution >= 4 is 6.29 Å². The Morgan fingerprint density at radius 3 is 2.73 bits per heavy atom. The highest BCUT2D eigenvalue weighted by Gasteiger charge is 2.50. The fourth-order valence-corrected chi connectivity index (χ4v) is 2.61. The first-order valence-electron chi connectivity index (χ1n) is 5.44. The molecule has 0 aromatic carbocycles. The van der Waals surface area contributed by atoms with E-state index in [1.165, 1.54) is 5.57 Å². The zero-order chi connectivity index (χ0) is 11.3. The SMILES string of the molecule is CC1C=C(C=O)C=C2C(C)(C)COC21C. The fourth-order valence-electron chi connectivity index (χ4n) is 2.61. The summed E-state index contributed by atoms with van der Waals surface area (Å²) in [5.74, 6) is 0.263. The number of hydrogen-bond acceptors (Lipinski definition) is 2. The van der Waals surface area contributed by atoms with Gasteiger partial charge in [-0.15, -0.1) is 0 Å². The molecule has 2 nitrogen and oxygen atoms in total. The van der Waals surface area contributed by atoms with Gasteiger partial charge in [-0.25, -0.2) is 0 Å². The van der Waals surface area contributed by atoms with Crippen molar-refractivity contribution in [2.45, 2.75) is 33.3 Å². The van der Waals surface area contributed by atoms with Crippen LogP contribution in [0.25, 0.3) is 0 Å². The van der Waals surface area contributed by atoms with Crippen LogP contribution >= 0.6 is 0 Å². The molecule has 0 spiro atoms. The Morgan fingerprint density at radius 2 is 2.13 bits per heavy atom. The summed E-state index contributed by atoms with van der Waals surface area (Å²) in [5.41, 5.74) is 1.88. The van der Waals surface area contributed by atoms with Gasteiger partial charge in [-0.05, 0) is 18.6 Å². The van der Waals surface area contributed by atoms with Crippen LogP contribution in [0.2, 0.25) is 0 Å². The summed E-state index contributed by atoms with van der Waals surface area (Å²) >= 11 is 0. The van der Waals surface area contributed by atoms with E-state index in [1.807, 2.05) is 12.2 Å². The molecule has 1 saturated heterocycles. The lowest BCUT2D eigenvalue weighted by Crippen LogP contribution is -2.36. The zero-order valence-electron chi connectivity index (χ0n) is 9.83. The van der Waals surface area contributed by atoms with Crippen molar-refractivity contribution < 1.29 is 9.53 Å². The summed E-state index contributed by atoms with van der Waals surface area (Å²) in [7, 11) is 0. The number of rotatable bonds is 1. The monoisotopic (exact) mass is 206 g/mol. The van der Waals surface area contributed by atoms with Gasteiger partial charge >= 0.3 is 0 Å². The van der Waals surface area contributed by atoms with Crippen LogP contribution in [0.5, 0.6) is 0 Å². The van der Waals surface area contributed by atoms with E-state index in [0.29, 0.717) is 0 Å². The minimum atomic E-state index is -0.212. The van der Waals surface area contributed by atoms with Gasteiger partial charge in [0.2, 0.25) is 0 Å². The van der Waals surface area contributed by atoms with Gasteiger partial charge in [-0.2, -0.15) is 0 Å². The van der Waals surface area contributed by atoms with Gasteiger partial charge in [0.05, 0.1) is 12.2 Å². The quantitative estimate of drug-likeness (QED) is 0.616. The third kappa shape index (κ3) is 1.39. The molecule has 1 heterocycles. The number of hydrogen-bond donors (Lipinski definition) is 0. The minimum Gasteiger partial charge on any atom is -0.369 e. The molecule has 0 bridgehead atoms. The van der Waals surface area contributed by atoms with Crippen LogP contribution in [0.4, 0.5) is 0 Å². The summed E-state index contributed by atoms with van der Waals surface area (Å²) < 4.78 is 5.94. The van der Waals surface area contributed by atoms with Crippen molar-refractivity contribution in [3.8, 4) is 0 Å². The molecular weight excluding hydrogens is 188 g/mol. The summed E-state index contributed by atoms with van der Waals surface area (Å²) in [6, 6.07) is 0. The molecule has 0 aromatic rings. The van der Waals surface area contributed by atoms with E-state index >= 15 is 0 Å². The first-order valence-corrected chi connectivity index (χ1v) is 5.44. The van der Waals surface area contributed by atoms with E-state index in [2.05, 4.69) is 27.7 Å². The summed E-state index contributed by atoms with van der Waals surface area (Å²) in [5, 5.41) is 0. The topological polar surface area (TPSA) is 26.3 Å². The normalized spacial score (nSPS) is 38.0. The van der Waals surface area contributed by atoms with Gasteiger partial charge in [-0.3, -0.25) is 4.79 Å². The predicted molar refractivity (Wildman–Crippen MR) is 59.5 cm³/mol. The molecule has 2 atom stereocenters. The molecule has 1 fully saturated rings. The van der Waals surface area contributed by atoms with Crippen LogP contribution in [0.3, 0.4) is 0 Å². The Labute approximate surface area is 91.0 Å². The largest absolute Gasteiger partial charge is 0.369 e. The number of allylic oxidation sites excluding steroid dienone is 2. The van der Waals surface area contributed by atoms with E-state index in [9.17, 15) is 4.79 Å². The van der Waals surface area contributed by atoms with Gasteiger partial charge in [0.15, 0.2) is 0 Å². The van der Waals surface area contributed by atoms with Crippen LogP contribution < -0.4 is 0 Å². The maximum absolute atomic E-state index is 10.9. The summed E-state index contributed by atoms with van der Waals surface area (Å²) in [6.07, 6.45) is 4.93. The number of carbonyl (C=O) groups excluding carboxylic acids is 1. The average molecular weight is 206 g/mol.